The number of phenolic OH excluding ortho intramolecular Hbond substituents is 1. The number of rotatable bonds is 15. The van der Waals surface area contributed by atoms with E-state index < -0.39 is 125 Å². The van der Waals surface area contributed by atoms with E-state index in [-0.39, 0.29) is 95.6 Å². The Bertz CT molecular complexity index is 5250. The fourth-order valence-electron chi connectivity index (χ4n) is 13.8. The number of ether oxygens (including phenoxy) is 6. The average Bonchev–Trinajstić information content (AvgIpc) is 1.62. The monoisotopic (exact) mass is 1890 g/mol. The molecule has 0 aliphatic carbocycles. The van der Waals surface area contributed by atoms with Crippen LogP contribution >= 0.6 is 0 Å². The number of carbonyl (C=O) groups excluding carboxylic acids is 9. The number of hydrogen-bond acceptors (Lipinski definition) is 23. The Labute approximate surface area is 834 Å². The molecule has 0 aromatic heterocycles. The van der Waals surface area contributed by atoms with Gasteiger partial charge in [0, 0.05) is 74.9 Å². The van der Waals surface area contributed by atoms with Gasteiger partial charge >= 0.3 is 69.3 Å². The van der Waals surface area contributed by atoms with E-state index in [0.29, 0.717) is 72.4 Å². The summed E-state index contributed by atoms with van der Waals surface area (Å²) in [5, 5.41) is 26.9. The summed E-state index contributed by atoms with van der Waals surface area (Å²) in [6.07, 6.45) is -2.67. The SMILES string of the molecule is C.CC(C)(C)OC(=O)OC(=O)OC(C)(C)C.Cc1cc(C)cc(C(=O)N(NC(=O)c2ccc(B3OC(C)(C)C(C)(C)O3)c(O)c2C)C(C)(C)C)c1.Cc1cc(C)cc(C(=O)N(NC(=O)c2ccc(B3OC(C)(C)C(C)(C)O3)c(OCC#N)c2C)C(C)(C)C)c1.Cc1cc(C)cc(C(=O)N(NC(=O)c2ccc(B3OC(C)(C)C(C)(C)O3)c(OCCNC(=O)OC(C)(C)C)c2C)C(C)(C)C)c1.[B].[H-].[Na+]. The molecule has 136 heavy (non-hydrogen) atoms. The Morgan fingerprint density at radius 2 is 0.647 bits per heavy atom. The van der Waals surface area contributed by atoms with E-state index in [1.807, 2.05) is 223 Å². The van der Waals surface area contributed by atoms with Crippen LogP contribution in [-0.4, -0.2) is 191 Å². The number of benzene rings is 6. The molecule has 35 heteroatoms. The van der Waals surface area contributed by atoms with Crippen molar-refractivity contribution in [3.05, 3.63) is 174 Å². The van der Waals surface area contributed by atoms with Gasteiger partial charge in [-0.15, -0.1) is 0 Å². The number of aryl methyl sites for hydroxylation is 6. The van der Waals surface area contributed by atoms with Crippen molar-refractivity contribution in [3.63, 3.8) is 0 Å². The summed E-state index contributed by atoms with van der Waals surface area (Å²) >= 11 is 0. The number of amides is 7. The summed E-state index contributed by atoms with van der Waals surface area (Å²) in [6.45, 7) is 72.2. The standard InChI is InChI=1S/C34H50BN3O7.C29H38BN3O5.C27H37BN2O5.C10H18O5.CH4.B.Na.H/c1-21-18-22(2)20-24(19-21)29(40)38(31(4,5)6)37-28(39)25-14-15-26(35-44-33(10,11)34(12,13)45-35)27(23(25)3)42-17-16-36-30(41)43-32(7,8)9;1-18-15-19(2)17-21(16-18)26(35)33(27(4,5)6)32-25(34)22-11-12-23(24(20(22)3)36-14-13-31)30-37-28(7,8)29(9,10)38-30;1-16-13-17(2)15-19(14-16)24(33)30(25(4,5)6)29-23(32)20-11-12-21(22(31)18(20)3)28-34-26(7,8)27(9,10)35-28;1-9(2,3)14-7(11)13-8(12)15-10(4,5)6;;;;/h14-15,18-20H,16-17H2,1-13H3,(H,36,41)(H,37,39);11-12,15-17H,14H2,1-10H3,(H,32,34);11-15,31H,1-10H3,(H,29,32);1-6H3;1H4;;;/q;;;;;;+1;-1. The predicted molar refractivity (Wildman–Crippen MR) is 528 cm³/mol. The van der Waals surface area contributed by atoms with Gasteiger partial charge in [-0.2, -0.15) is 5.26 Å². The molecule has 5 N–H and O–H groups in total. The number of phenols is 1. The average molecular weight is 1890 g/mol. The zero-order valence-corrected chi connectivity index (χ0v) is 89.4. The zero-order chi connectivity index (χ0) is 102. The Balaban J connectivity index is 0.000000641. The Morgan fingerprint density at radius 3 is 0.904 bits per heavy atom. The molecule has 0 atom stereocenters. The minimum absolute atomic E-state index is 0. The van der Waals surface area contributed by atoms with Crippen molar-refractivity contribution in [3.8, 4) is 23.3 Å². The number of nitrogens with one attached hydrogen (secondary N) is 4. The van der Waals surface area contributed by atoms with E-state index in [1.165, 1.54) is 15.0 Å². The molecule has 3 aliphatic heterocycles. The van der Waals surface area contributed by atoms with Crippen LogP contribution in [0.15, 0.2) is 91.0 Å². The van der Waals surface area contributed by atoms with Gasteiger partial charge in [0.05, 0.1) is 56.8 Å². The number of aromatic hydroxyl groups is 1. The second-order valence-corrected chi connectivity index (χ2v) is 42.9. The molecule has 3 aliphatic rings. The Hall–Kier alpha value is -9.94. The summed E-state index contributed by atoms with van der Waals surface area (Å²) in [6, 6.07) is 28.8. The molecule has 9 rings (SSSR count). The van der Waals surface area contributed by atoms with Crippen molar-refractivity contribution in [1.82, 2.24) is 36.6 Å². The van der Waals surface area contributed by atoms with E-state index in [9.17, 15) is 53.5 Å². The molecule has 3 saturated heterocycles. The first-order chi connectivity index (χ1) is 60.4. The van der Waals surface area contributed by atoms with E-state index >= 15 is 0 Å². The van der Waals surface area contributed by atoms with Gasteiger partial charge in [-0.1, -0.05) is 77.2 Å². The van der Waals surface area contributed by atoms with Gasteiger partial charge in [0.15, 0.2) is 6.61 Å². The van der Waals surface area contributed by atoms with E-state index in [4.69, 9.17) is 51.6 Å². The van der Waals surface area contributed by atoms with Crippen molar-refractivity contribution < 1.29 is 136 Å². The Kier molecular flexibility index (Phi) is 40.5. The maximum absolute atomic E-state index is 13.8. The van der Waals surface area contributed by atoms with Crippen LogP contribution in [0.1, 0.15) is 329 Å². The fourth-order valence-corrected chi connectivity index (χ4v) is 13.8. The first kappa shape index (κ1) is 120. The quantitative estimate of drug-likeness (QED) is 0.0159. The number of alkyl carbamates (subject to hydrolysis) is 1. The molecule has 0 spiro atoms. The summed E-state index contributed by atoms with van der Waals surface area (Å²) < 4.78 is 68.2. The summed E-state index contributed by atoms with van der Waals surface area (Å²) in [5.41, 5.74) is 12.0. The molecular weight excluding hydrogens is 1740 g/mol. The van der Waals surface area contributed by atoms with Gasteiger partial charge in [-0.25, -0.2) is 29.4 Å². The van der Waals surface area contributed by atoms with Crippen molar-refractivity contribution in [1.29, 1.82) is 5.26 Å². The third-order valence-corrected chi connectivity index (χ3v) is 22.5. The van der Waals surface area contributed by atoms with Crippen LogP contribution in [0.2, 0.25) is 0 Å². The van der Waals surface area contributed by atoms with Gasteiger partial charge in [0.1, 0.15) is 46.7 Å². The maximum atomic E-state index is 13.8. The smallest absolute Gasteiger partial charge is 1.00 e. The maximum Gasteiger partial charge on any atom is 1.00 e. The predicted octanol–water partition coefficient (Wildman–Crippen LogP) is 14.2. The molecule has 7 amide bonds. The first-order valence-corrected chi connectivity index (χ1v) is 44.6. The van der Waals surface area contributed by atoms with Crippen molar-refractivity contribution in [2.75, 3.05) is 19.8 Å². The van der Waals surface area contributed by atoms with Crippen molar-refractivity contribution in [2.45, 2.75) is 344 Å². The first-order valence-electron chi connectivity index (χ1n) is 44.6. The summed E-state index contributed by atoms with van der Waals surface area (Å²) in [4.78, 5) is 116. The van der Waals surface area contributed by atoms with Gasteiger partial charge in [0.2, 0.25) is 0 Å². The Morgan fingerprint density at radius 1 is 0.397 bits per heavy atom. The van der Waals surface area contributed by atoms with E-state index in [0.717, 1.165) is 33.4 Å². The van der Waals surface area contributed by atoms with Crippen molar-refractivity contribution in [2.24, 2.45) is 0 Å². The fraction of sp³-hybridized carbons (Fsp3) is 0.545. The third kappa shape index (κ3) is 32.1. The van der Waals surface area contributed by atoms with E-state index in [1.54, 1.807) is 144 Å². The van der Waals surface area contributed by atoms with Crippen LogP contribution < -0.4 is 77.0 Å². The number of nitriles is 1. The molecule has 6 aromatic rings. The molecule has 6 aromatic carbocycles. The molecule has 0 bridgehead atoms. The number of carbonyl (C=O) groups is 9. The van der Waals surface area contributed by atoms with Gasteiger partial charge in [0.25, 0.3) is 35.4 Å². The van der Waals surface area contributed by atoms with Gasteiger partial charge in [-0.3, -0.25) is 45.0 Å². The minimum atomic E-state index is -1.06. The van der Waals surface area contributed by atoms with Crippen LogP contribution in [0.25, 0.3) is 0 Å². The normalized spacial score (nSPS) is 15.4. The molecule has 737 valence electrons. The van der Waals surface area contributed by atoms with Gasteiger partial charge in [-0.05, 0) is 325 Å². The van der Waals surface area contributed by atoms with Crippen molar-refractivity contribution >= 4 is 100 Å². The molecule has 3 radical (unpaired) electrons. The summed E-state index contributed by atoms with van der Waals surface area (Å²) in [5.74, 6) is -1.71. The molecular formula is C101H148B4N8NaO22. The minimum Gasteiger partial charge on any atom is -1.00 e. The van der Waals surface area contributed by atoms with E-state index in [2.05, 4.69) is 26.3 Å². The van der Waals surface area contributed by atoms with Gasteiger partial charge < -0.3 is 68.2 Å². The molecule has 3 fully saturated rings. The van der Waals surface area contributed by atoms with Crippen LogP contribution in [0.5, 0.6) is 17.2 Å². The molecule has 0 saturated carbocycles. The van der Waals surface area contributed by atoms with Crippen LogP contribution in [0, 0.1) is 73.6 Å². The number of hydrogen-bond donors (Lipinski definition) is 5. The summed E-state index contributed by atoms with van der Waals surface area (Å²) in [7, 11) is -2.24. The van der Waals surface area contributed by atoms with Crippen LogP contribution in [0.4, 0.5) is 14.4 Å². The zero-order valence-electron chi connectivity index (χ0n) is 88.4. The number of hydrazine groups is 3. The molecule has 0 unspecified atom stereocenters. The topological polar surface area (TPSA) is 366 Å². The van der Waals surface area contributed by atoms with Crippen LogP contribution in [0.3, 0.4) is 0 Å². The second-order valence-electron chi connectivity index (χ2n) is 42.9. The van der Waals surface area contributed by atoms with Crippen LogP contribution in [-0.2, 0) is 46.9 Å². The third-order valence-electron chi connectivity index (χ3n) is 22.5. The largest absolute Gasteiger partial charge is 1.00 e. The number of nitrogens with zero attached hydrogens (tertiary/aromatic N) is 4. The second kappa shape index (κ2) is 45.8. The molecule has 30 nitrogen and oxygen atoms in total. The molecule has 3 heterocycles.